The van der Waals surface area contributed by atoms with Gasteiger partial charge in [-0.05, 0) is 36.7 Å². The monoisotopic (exact) mass is 264 g/mol. The number of aryl methyl sites for hydroxylation is 1. The lowest BCUT2D eigenvalue weighted by Gasteiger charge is -2.08. The van der Waals surface area contributed by atoms with Gasteiger partial charge in [0.05, 0.1) is 19.9 Å². The molecule has 94 valence electrons. The lowest BCUT2D eigenvalue weighted by atomic mass is 10.1. The standard InChI is InChI=1S/C13H13ClN2O2/c1-8-4-12(16-13(14)15-8)9-5-10(17-2)7-11(6-9)18-3/h4-7H,1-3H3. The third kappa shape index (κ3) is 2.71. The van der Waals surface area contributed by atoms with Crippen molar-refractivity contribution in [1.29, 1.82) is 0 Å². The maximum atomic E-state index is 5.86. The van der Waals surface area contributed by atoms with Crippen LogP contribution in [-0.2, 0) is 0 Å². The number of hydrogen-bond donors (Lipinski definition) is 0. The predicted molar refractivity (Wildman–Crippen MR) is 70.3 cm³/mol. The number of nitrogens with zero attached hydrogens (tertiary/aromatic N) is 2. The summed E-state index contributed by atoms with van der Waals surface area (Å²) in [6.45, 7) is 1.87. The van der Waals surface area contributed by atoms with Crippen LogP contribution in [0.15, 0.2) is 24.3 Å². The minimum Gasteiger partial charge on any atom is -0.497 e. The van der Waals surface area contributed by atoms with Crippen molar-refractivity contribution in [3.8, 4) is 22.8 Å². The van der Waals surface area contributed by atoms with Crippen molar-refractivity contribution in [2.45, 2.75) is 6.92 Å². The molecule has 4 nitrogen and oxygen atoms in total. The number of ether oxygens (including phenoxy) is 2. The molecular formula is C13H13ClN2O2. The Hall–Kier alpha value is -1.81. The fourth-order valence-corrected chi connectivity index (χ4v) is 1.86. The molecule has 0 aliphatic rings. The summed E-state index contributed by atoms with van der Waals surface area (Å²) in [5, 5.41) is 0.229. The first-order chi connectivity index (χ1) is 8.62. The molecule has 5 heteroatoms. The Bertz CT molecular complexity index is 530. The SMILES string of the molecule is COc1cc(OC)cc(-c2cc(C)nc(Cl)n2)c1. The zero-order valence-corrected chi connectivity index (χ0v) is 11.2. The Kier molecular flexibility index (Phi) is 3.67. The highest BCUT2D eigenvalue weighted by Crippen LogP contribution is 2.29. The smallest absolute Gasteiger partial charge is 0.223 e. The van der Waals surface area contributed by atoms with Crippen molar-refractivity contribution in [3.05, 3.63) is 35.2 Å². The first-order valence-electron chi connectivity index (χ1n) is 5.37. The van der Waals surface area contributed by atoms with Crippen LogP contribution in [-0.4, -0.2) is 24.2 Å². The molecule has 0 saturated carbocycles. The van der Waals surface area contributed by atoms with Gasteiger partial charge in [-0.2, -0.15) is 0 Å². The van der Waals surface area contributed by atoms with Gasteiger partial charge in [0.15, 0.2) is 0 Å². The second-order valence-corrected chi connectivity index (χ2v) is 4.10. The second-order valence-electron chi connectivity index (χ2n) is 3.76. The van der Waals surface area contributed by atoms with E-state index in [1.54, 1.807) is 20.3 Å². The van der Waals surface area contributed by atoms with Crippen molar-refractivity contribution in [3.63, 3.8) is 0 Å². The summed E-state index contributed by atoms with van der Waals surface area (Å²) >= 11 is 5.86. The molecule has 0 atom stereocenters. The van der Waals surface area contributed by atoms with E-state index in [2.05, 4.69) is 9.97 Å². The summed E-state index contributed by atoms with van der Waals surface area (Å²) in [5.41, 5.74) is 2.43. The van der Waals surface area contributed by atoms with Crippen molar-refractivity contribution >= 4 is 11.6 Å². The van der Waals surface area contributed by atoms with Crippen LogP contribution in [0.25, 0.3) is 11.3 Å². The molecule has 0 amide bonds. The summed E-state index contributed by atoms with van der Waals surface area (Å²) < 4.78 is 10.4. The van der Waals surface area contributed by atoms with Crippen molar-refractivity contribution in [2.24, 2.45) is 0 Å². The van der Waals surface area contributed by atoms with Gasteiger partial charge in [0.1, 0.15) is 11.5 Å². The highest BCUT2D eigenvalue weighted by molar-refractivity contribution is 6.28. The minimum absolute atomic E-state index is 0.229. The topological polar surface area (TPSA) is 44.2 Å². The number of rotatable bonds is 3. The van der Waals surface area contributed by atoms with E-state index in [1.807, 2.05) is 25.1 Å². The Morgan fingerprint density at radius 1 is 0.944 bits per heavy atom. The van der Waals surface area contributed by atoms with Gasteiger partial charge < -0.3 is 9.47 Å². The van der Waals surface area contributed by atoms with Crippen LogP contribution in [0.4, 0.5) is 0 Å². The van der Waals surface area contributed by atoms with Crippen LogP contribution in [0.2, 0.25) is 5.28 Å². The highest BCUT2D eigenvalue weighted by atomic mass is 35.5. The van der Waals surface area contributed by atoms with Crippen molar-refractivity contribution in [2.75, 3.05) is 14.2 Å². The Labute approximate surface area is 111 Å². The molecule has 0 spiro atoms. The molecule has 0 bridgehead atoms. The van der Waals surface area contributed by atoms with Crippen LogP contribution >= 0.6 is 11.6 Å². The molecule has 0 fully saturated rings. The molecule has 0 aliphatic heterocycles. The van der Waals surface area contributed by atoms with E-state index >= 15 is 0 Å². The summed E-state index contributed by atoms with van der Waals surface area (Å²) in [5.74, 6) is 1.41. The van der Waals surface area contributed by atoms with E-state index in [4.69, 9.17) is 21.1 Å². The third-order valence-corrected chi connectivity index (χ3v) is 2.64. The van der Waals surface area contributed by atoms with E-state index in [0.717, 1.165) is 17.0 Å². The largest absolute Gasteiger partial charge is 0.497 e. The Balaban J connectivity index is 2.55. The van der Waals surface area contributed by atoms with Gasteiger partial charge in [0.2, 0.25) is 5.28 Å². The van der Waals surface area contributed by atoms with Gasteiger partial charge in [-0.1, -0.05) is 0 Å². The average Bonchev–Trinajstić information content (AvgIpc) is 2.37. The normalized spacial score (nSPS) is 10.2. The van der Waals surface area contributed by atoms with E-state index in [1.165, 1.54) is 0 Å². The minimum atomic E-state index is 0.229. The first kappa shape index (κ1) is 12.6. The molecule has 0 saturated heterocycles. The number of hydrogen-bond acceptors (Lipinski definition) is 4. The molecule has 1 aromatic heterocycles. The van der Waals surface area contributed by atoms with Crippen molar-refractivity contribution < 1.29 is 9.47 Å². The summed E-state index contributed by atoms with van der Waals surface area (Å²) in [6.07, 6.45) is 0. The van der Waals surface area contributed by atoms with E-state index in [-0.39, 0.29) is 5.28 Å². The highest BCUT2D eigenvalue weighted by Gasteiger charge is 2.07. The van der Waals surface area contributed by atoms with Crippen LogP contribution in [0.1, 0.15) is 5.69 Å². The first-order valence-corrected chi connectivity index (χ1v) is 5.75. The maximum Gasteiger partial charge on any atom is 0.223 e. The molecule has 1 aromatic carbocycles. The molecule has 0 aliphatic carbocycles. The van der Waals surface area contributed by atoms with Crippen LogP contribution in [0, 0.1) is 6.92 Å². The quantitative estimate of drug-likeness (QED) is 0.799. The van der Waals surface area contributed by atoms with Gasteiger partial charge in [-0.25, -0.2) is 9.97 Å². The van der Waals surface area contributed by atoms with Crippen LogP contribution in [0.5, 0.6) is 11.5 Å². The molecule has 0 unspecified atom stereocenters. The Morgan fingerprint density at radius 3 is 2.06 bits per heavy atom. The third-order valence-electron chi connectivity index (χ3n) is 2.47. The van der Waals surface area contributed by atoms with E-state index < -0.39 is 0 Å². The fourth-order valence-electron chi connectivity index (χ4n) is 1.64. The van der Waals surface area contributed by atoms with Crippen LogP contribution < -0.4 is 9.47 Å². The van der Waals surface area contributed by atoms with E-state index in [0.29, 0.717) is 11.5 Å². The maximum absolute atomic E-state index is 5.86. The van der Waals surface area contributed by atoms with Gasteiger partial charge in [0.25, 0.3) is 0 Å². The number of aromatic nitrogens is 2. The van der Waals surface area contributed by atoms with Gasteiger partial charge in [0, 0.05) is 17.3 Å². The zero-order chi connectivity index (χ0) is 13.1. The van der Waals surface area contributed by atoms with E-state index in [9.17, 15) is 0 Å². The predicted octanol–water partition coefficient (Wildman–Crippen LogP) is 3.12. The van der Waals surface area contributed by atoms with Crippen LogP contribution in [0.3, 0.4) is 0 Å². The molecule has 2 aromatic rings. The molecule has 0 radical (unpaired) electrons. The number of benzene rings is 1. The molecule has 1 heterocycles. The lowest BCUT2D eigenvalue weighted by Crippen LogP contribution is -1.93. The summed E-state index contributed by atoms with van der Waals surface area (Å²) in [4.78, 5) is 8.24. The molecule has 2 rings (SSSR count). The van der Waals surface area contributed by atoms with Gasteiger partial charge in [-0.3, -0.25) is 0 Å². The lowest BCUT2D eigenvalue weighted by molar-refractivity contribution is 0.394. The zero-order valence-electron chi connectivity index (χ0n) is 10.4. The molecule has 18 heavy (non-hydrogen) atoms. The summed E-state index contributed by atoms with van der Waals surface area (Å²) in [6, 6.07) is 7.42. The number of halogens is 1. The fraction of sp³-hybridized carbons (Fsp3) is 0.231. The van der Waals surface area contributed by atoms with Crippen molar-refractivity contribution in [1.82, 2.24) is 9.97 Å². The molecular weight excluding hydrogens is 252 g/mol. The average molecular weight is 265 g/mol. The summed E-state index contributed by atoms with van der Waals surface area (Å²) in [7, 11) is 3.22. The van der Waals surface area contributed by atoms with Gasteiger partial charge in [-0.15, -0.1) is 0 Å². The van der Waals surface area contributed by atoms with Gasteiger partial charge >= 0.3 is 0 Å². The second kappa shape index (κ2) is 5.23. The number of methoxy groups -OCH3 is 2. The molecule has 0 N–H and O–H groups in total. The Morgan fingerprint density at radius 2 is 1.56 bits per heavy atom.